The Morgan fingerprint density at radius 3 is 2.28 bits per heavy atom. The second-order valence-electron chi connectivity index (χ2n) is 2.85. The molecule has 0 aliphatic rings. The van der Waals surface area contributed by atoms with Crippen molar-refractivity contribution in [3.63, 3.8) is 0 Å². The summed E-state index contributed by atoms with van der Waals surface area (Å²) in [6, 6.07) is 4.02. The normalized spacial score (nSPS) is 8.33. The lowest BCUT2D eigenvalue weighted by Gasteiger charge is -2.05. The highest BCUT2D eigenvalue weighted by Gasteiger charge is 2.03. The third-order valence-corrected chi connectivity index (χ3v) is 1.47. The van der Waals surface area contributed by atoms with Crippen LogP contribution in [0.2, 0.25) is 0 Å². The minimum absolute atomic E-state index is 0.121. The van der Waals surface area contributed by atoms with Crippen LogP contribution in [0.4, 0.5) is 4.39 Å². The number of halogens is 1. The fourth-order valence-corrected chi connectivity index (χ4v) is 0.876. The van der Waals surface area contributed by atoms with Gasteiger partial charge in [0.15, 0.2) is 11.6 Å². The third kappa shape index (κ3) is 8.66. The average molecular weight is 259 g/mol. The van der Waals surface area contributed by atoms with Gasteiger partial charge in [0.25, 0.3) is 0 Å². The van der Waals surface area contributed by atoms with E-state index in [1.807, 2.05) is 13.8 Å². The van der Waals surface area contributed by atoms with Gasteiger partial charge in [-0.3, -0.25) is 4.79 Å². The minimum Gasteiger partial charge on any atom is -0.489 e. The first-order valence-corrected chi connectivity index (χ1v) is 5.67. The zero-order valence-electron chi connectivity index (χ0n) is 11.4. The SMILES string of the molecule is CC.COC.NCCOc1ccc(C=O)cc1F. The largest absolute Gasteiger partial charge is 0.489 e. The first kappa shape index (κ1) is 18.9. The molecule has 0 atom stereocenters. The second kappa shape index (κ2) is 13.6. The molecule has 0 unspecified atom stereocenters. The van der Waals surface area contributed by atoms with E-state index in [0.29, 0.717) is 12.8 Å². The Labute approximate surface area is 108 Å². The van der Waals surface area contributed by atoms with Crippen LogP contribution >= 0.6 is 0 Å². The van der Waals surface area contributed by atoms with Crippen molar-refractivity contribution >= 4 is 6.29 Å². The number of hydrogen-bond acceptors (Lipinski definition) is 4. The van der Waals surface area contributed by atoms with Gasteiger partial charge in [-0.1, -0.05) is 13.8 Å². The first-order valence-electron chi connectivity index (χ1n) is 5.67. The summed E-state index contributed by atoms with van der Waals surface area (Å²) in [5.74, 6) is -0.422. The van der Waals surface area contributed by atoms with E-state index >= 15 is 0 Å². The van der Waals surface area contributed by atoms with Crippen LogP contribution < -0.4 is 10.5 Å². The molecule has 0 bridgehead atoms. The van der Waals surface area contributed by atoms with E-state index < -0.39 is 5.82 Å². The Balaban J connectivity index is 0. The zero-order valence-corrected chi connectivity index (χ0v) is 11.4. The van der Waals surface area contributed by atoms with E-state index in [9.17, 15) is 9.18 Å². The van der Waals surface area contributed by atoms with Crippen LogP contribution in [-0.2, 0) is 4.74 Å². The maximum absolute atomic E-state index is 13.0. The number of benzene rings is 1. The molecule has 5 heteroatoms. The highest BCUT2D eigenvalue weighted by atomic mass is 19.1. The zero-order chi connectivity index (χ0) is 14.4. The van der Waals surface area contributed by atoms with Crippen molar-refractivity contribution in [2.75, 3.05) is 27.4 Å². The fraction of sp³-hybridized carbons (Fsp3) is 0.462. The van der Waals surface area contributed by atoms with Gasteiger partial charge in [0, 0.05) is 26.3 Å². The molecule has 0 aromatic heterocycles. The monoisotopic (exact) mass is 259 g/mol. The topological polar surface area (TPSA) is 61.6 Å². The Morgan fingerprint density at radius 2 is 1.89 bits per heavy atom. The smallest absolute Gasteiger partial charge is 0.165 e. The number of carbonyl (C=O) groups is 1. The molecule has 4 nitrogen and oxygen atoms in total. The number of ether oxygens (including phenoxy) is 2. The molecule has 0 radical (unpaired) electrons. The van der Waals surface area contributed by atoms with Crippen molar-refractivity contribution < 1.29 is 18.7 Å². The van der Waals surface area contributed by atoms with Crippen LogP contribution in [0.1, 0.15) is 24.2 Å². The summed E-state index contributed by atoms with van der Waals surface area (Å²) in [4.78, 5) is 10.3. The van der Waals surface area contributed by atoms with Gasteiger partial charge in [-0.15, -0.1) is 0 Å². The minimum atomic E-state index is -0.543. The Morgan fingerprint density at radius 1 is 1.33 bits per heavy atom. The van der Waals surface area contributed by atoms with Gasteiger partial charge in [0.05, 0.1) is 0 Å². The lowest BCUT2D eigenvalue weighted by Crippen LogP contribution is -2.11. The molecule has 1 aromatic rings. The highest BCUT2D eigenvalue weighted by molar-refractivity contribution is 5.74. The van der Waals surface area contributed by atoms with Gasteiger partial charge in [-0.2, -0.15) is 0 Å². The Bertz CT molecular complexity index is 319. The molecule has 0 saturated heterocycles. The molecular weight excluding hydrogens is 237 g/mol. The molecule has 18 heavy (non-hydrogen) atoms. The molecule has 2 N–H and O–H groups in total. The van der Waals surface area contributed by atoms with Crippen LogP contribution in [-0.4, -0.2) is 33.7 Å². The second-order valence-corrected chi connectivity index (χ2v) is 2.85. The number of carbonyl (C=O) groups excluding carboxylic acids is 1. The van der Waals surface area contributed by atoms with Gasteiger partial charge in [0.2, 0.25) is 0 Å². The number of methoxy groups -OCH3 is 1. The van der Waals surface area contributed by atoms with Gasteiger partial charge >= 0.3 is 0 Å². The molecule has 104 valence electrons. The summed E-state index contributed by atoms with van der Waals surface area (Å²) in [5, 5.41) is 0. The van der Waals surface area contributed by atoms with Crippen molar-refractivity contribution in [2.45, 2.75) is 13.8 Å². The number of nitrogens with two attached hydrogens (primary N) is 1. The maximum Gasteiger partial charge on any atom is 0.165 e. The molecule has 1 aromatic carbocycles. The van der Waals surface area contributed by atoms with Crippen molar-refractivity contribution in [3.8, 4) is 5.75 Å². The van der Waals surface area contributed by atoms with Crippen molar-refractivity contribution in [3.05, 3.63) is 29.6 Å². The quantitative estimate of drug-likeness (QED) is 0.842. The van der Waals surface area contributed by atoms with Gasteiger partial charge in [-0.05, 0) is 18.2 Å². The number of aldehydes is 1. The van der Waals surface area contributed by atoms with Crippen molar-refractivity contribution in [1.82, 2.24) is 0 Å². The maximum atomic E-state index is 13.0. The van der Waals surface area contributed by atoms with E-state index in [2.05, 4.69) is 4.74 Å². The number of hydrogen-bond donors (Lipinski definition) is 1. The van der Waals surface area contributed by atoms with Crippen LogP contribution in [0.3, 0.4) is 0 Å². The molecular formula is C13H22FNO3. The predicted molar refractivity (Wildman–Crippen MR) is 70.6 cm³/mol. The van der Waals surface area contributed by atoms with E-state index in [-0.39, 0.29) is 17.9 Å². The predicted octanol–water partition coefficient (Wildman–Crippen LogP) is 2.26. The van der Waals surface area contributed by atoms with Crippen LogP contribution in [0.25, 0.3) is 0 Å². The van der Waals surface area contributed by atoms with E-state index in [1.54, 1.807) is 14.2 Å². The van der Waals surface area contributed by atoms with E-state index in [1.165, 1.54) is 12.1 Å². The Hall–Kier alpha value is -1.46. The van der Waals surface area contributed by atoms with Crippen LogP contribution in [0.15, 0.2) is 18.2 Å². The van der Waals surface area contributed by atoms with E-state index in [4.69, 9.17) is 10.5 Å². The molecule has 1 rings (SSSR count). The average Bonchev–Trinajstić information content (AvgIpc) is 2.40. The van der Waals surface area contributed by atoms with E-state index in [0.717, 1.165) is 6.07 Å². The lowest BCUT2D eigenvalue weighted by atomic mass is 10.2. The summed E-state index contributed by atoms with van der Waals surface area (Å²) >= 11 is 0. The molecule has 0 aliphatic heterocycles. The Kier molecular flexibility index (Phi) is 14.3. The summed E-state index contributed by atoms with van der Waals surface area (Å²) < 4.78 is 22.3. The van der Waals surface area contributed by atoms with Crippen molar-refractivity contribution in [2.24, 2.45) is 5.73 Å². The van der Waals surface area contributed by atoms with Crippen LogP contribution in [0, 0.1) is 5.82 Å². The molecule has 0 spiro atoms. The summed E-state index contributed by atoms with van der Waals surface area (Å²) in [5.41, 5.74) is 5.47. The van der Waals surface area contributed by atoms with Gasteiger partial charge < -0.3 is 15.2 Å². The highest BCUT2D eigenvalue weighted by Crippen LogP contribution is 2.17. The molecule has 0 heterocycles. The fourth-order valence-electron chi connectivity index (χ4n) is 0.876. The third-order valence-electron chi connectivity index (χ3n) is 1.47. The van der Waals surface area contributed by atoms with Gasteiger partial charge in [-0.25, -0.2) is 4.39 Å². The molecule has 0 amide bonds. The summed E-state index contributed by atoms with van der Waals surface area (Å²) in [6.45, 7) is 4.59. The summed E-state index contributed by atoms with van der Waals surface area (Å²) in [6.07, 6.45) is 0.579. The molecule has 0 fully saturated rings. The van der Waals surface area contributed by atoms with Crippen molar-refractivity contribution in [1.29, 1.82) is 0 Å². The lowest BCUT2D eigenvalue weighted by molar-refractivity contribution is 0.112. The standard InChI is InChI=1S/C9H10FNO2.C2H6O.C2H6/c10-8-5-7(6-12)1-2-9(8)13-4-3-11;1-3-2;1-2/h1-2,5-6H,3-4,11H2;1-2H3;1-2H3. The molecule has 0 aliphatic carbocycles. The van der Waals surface area contributed by atoms with Crippen LogP contribution in [0.5, 0.6) is 5.75 Å². The number of rotatable bonds is 4. The molecule has 0 saturated carbocycles. The van der Waals surface area contributed by atoms with Gasteiger partial charge in [0.1, 0.15) is 12.9 Å². The summed E-state index contributed by atoms with van der Waals surface area (Å²) in [7, 11) is 3.25. The first-order chi connectivity index (χ1) is 8.69.